The molecule has 0 saturated heterocycles. The maximum absolute atomic E-state index is 10.4. The van der Waals surface area contributed by atoms with E-state index in [0.29, 0.717) is 0 Å². The van der Waals surface area contributed by atoms with E-state index in [1.807, 2.05) is 0 Å². The highest BCUT2D eigenvalue weighted by molar-refractivity contribution is 5.81. The van der Waals surface area contributed by atoms with Gasteiger partial charge in [0.05, 0.1) is 0 Å². The second-order valence-corrected chi connectivity index (χ2v) is 1.34. The lowest BCUT2D eigenvalue weighted by atomic mass is 10.6. The van der Waals surface area contributed by atoms with Crippen LogP contribution in [0.25, 0.3) is 0 Å². The topological polar surface area (TPSA) is 59.3 Å². The Morgan fingerprint density at radius 2 is 2.50 bits per heavy atom. The summed E-state index contributed by atoms with van der Waals surface area (Å²) in [4.78, 5) is 10.4. The van der Waals surface area contributed by atoms with Gasteiger partial charge in [0.1, 0.15) is 6.07 Å². The Morgan fingerprint density at radius 3 is 2.80 bits per heavy atom. The smallest absolute Gasteiger partial charge is 0.333 e. The average Bonchev–Trinajstić information content (AvgIpc) is 1.99. The summed E-state index contributed by atoms with van der Waals surface area (Å²) in [6.07, 6.45) is -0.172. The molecule has 0 amide bonds. The number of nitrogens with zero attached hydrogens (tertiary/aromatic N) is 1. The molecule has 54 valence electrons. The normalized spacial score (nSPS) is 11.2. The fraction of sp³-hybridized carbons (Fsp3) is 0.333. The molecular formula is C6H7NO3. The summed E-state index contributed by atoms with van der Waals surface area (Å²) in [5.74, 6) is -0.673. The number of methoxy groups -OCH3 is 1. The molecule has 0 rings (SSSR count). The summed E-state index contributed by atoms with van der Waals surface area (Å²) >= 11 is 0. The molecule has 10 heavy (non-hydrogen) atoms. The fourth-order valence-electron chi connectivity index (χ4n) is 0.281. The molecule has 1 atom stereocenters. The number of nitriles is 1. The van der Waals surface area contributed by atoms with E-state index < -0.39 is 12.3 Å². The van der Waals surface area contributed by atoms with Crippen molar-refractivity contribution in [2.75, 3.05) is 7.11 Å². The largest absolute Gasteiger partial charge is 0.418 e. The molecule has 0 bridgehead atoms. The number of carbonyl (C=O) groups excluding carboxylic acids is 1. The lowest BCUT2D eigenvalue weighted by Crippen LogP contribution is -2.16. The van der Waals surface area contributed by atoms with Gasteiger partial charge in [-0.15, -0.1) is 0 Å². The van der Waals surface area contributed by atoms with Crippen LogP contribution in [0.3, 0.4) is 0 Å². The first-order valence-electron chi connectivity index (χ1n) is 2.50. The molecule has 1 unspecified atom stereocenters. The van der Waals surface area contributed by atoms with Gasteiger partial charge >= 0.3 is 5.97 Å². The van der Waals surface area contributed by atoms with Crippen LogP contribution in [0.1, 0.15) is 0 Å². The number of rotatable bonds is 3. The Balaban J connectivity index is 3.76. The Hall–Kier alpha value is -1.34. The van der Waals surface area contributed by atoms with Crippen LogP contribution in [0.15, 0.2) is 12.7 Å². The molecule has 4 nitrogen and oxygen atoms in total. The number of esters is 1. The van der Waals surface area contributed by atoms with Crippen LogP contribution in [0.2, 0.25) is 0 Å². The zero-order chi connectivity index (χ0) is 7.98. The van der Waals surface area contributed by atoms with Gasteiger partial charge in [-0.05, 0) is 0 Å². The molecule has 0 radical (unpaired) electrons. The summed E-state index contributed by atoms with van der Waals surface area (Å²) in [5, 5.41) is 8.18. The lowest BCUT2D eigenvalue weighted by molar-refractivity contribution is -0.157. The molecule has 0 aromatic carbocycles. The standard InChI is InChI=1S/C6H7NO3/c1-3-5(8)10-6(4-7)9-2/h3,6H,1H2,2H3. The van der Waals surface area contributed by atoms with Crippen LogP contribution in [0.5, 0.6) is 0 Å². The third kappa shape index (κ3) is 2.84. The molecule has 0 heterocycles. The van der Waals surface area contributed by atoms with Gasteiger partial charge in [-0.3, -0.25) is 0 Å². The van der Waals surface area contributed by atoms with Crippen molar-refractivity contribution in [1.29, 1.82) is 5.26 Å². The van der Waals surface area contributed by atoms with Crippen molar-refractivity contribution in [1.82, 2.24) is 0 Å². The minimum Gasteiger partial charge on any atom is -0.418 e. The number of hydrogen-bond acceptors (Lipinski definition) is 4. The summed E-state index contributed by atoms with van der Waals surface area (Å²) in [6.45, 7) is 3.14. The van der Waals surface area contributed by atoms with E-state index in [-0.39, 0.29) is 0 Å². The molecule has 0 aliphatic carbocycles. The van der Waals surface area contributed by atoms with Crippen molar-refractivity contribution in [3.05, 3.63) is 12.7 Å². The molecule has 0 spiro atoms. The SMILES string of the molecule is C=CC(=O)OC(C#N)OC. The Kier molecular flexibility index (Phi) is 3.92. The summed E-state index contributed by atoms with van der Waals surface area (Å²) in [5.41, 5.74) is 0. The van der Waals surface area contributed by atoms with Gasteiger partial charge in [-0.2, -0.15) is 5.26 Å². The minimum atomic E-state index is -1.13. The number of hydrogen-bond donors (Lipinski definition) is 0. The third-order valence-electron chi connectivity index (χ3n) is 0.709. The molecule has 0 aliphatic rings. The van der Waals surface area contributed by atoms with Gasteiger partial charge in [0.25, 0.3) is 6.29 Å². The maximum Gasteiger partial charge on any atom is 0.333 e. The van der Waals surface area contributed by atoms with Crippen LogP contribution in [-0.4, -0.2) is 19.4 Å². The van der Waals surface area contributed by atoms with E-state index in [0.717, 1.165) is 6.08 Å². The molecule has 0 saturated carbocycles. The zero-order valence-corrected chi connectivity index (χ0v) is 5.53. The molecule has 0 N–H and O–H groups in total. The number of ether oxygens (including phenoxy) is 2. The molecule has 4 heteroatoms. The second kappa shape index (κ2) is 4.53. The molecule has 0 fully saturated rings. The van der Waals surface area contributed by atoms with Gasteiger partial charge in [0.2, 0.25) is 0 Å². The van der Waals surface area contributed by atoms with E-state index >= 15 is 0 Å². The highest BCUT2D eigenvalue weighted by Gasteiger charge is 2.07. The van der Waals surface area contributed by atoms with E-state index in [1.165, 1.54) is 7.11 Å². The van der Waals surface area contributed by atoms with Crippen molar-refractivity contribution in [2.24, 2.45) is 0 Å². The predicted molar refractivity (Wildman–Crippen MR) is 32.7 cm³/mol. The van der Waals surface area contributed by atoms with Crippen LogP contribution >= 0.6 is 0 Å². The third-order valence-corrected chi connectivity index (χ3v) is 0.709. The molecule has 0 aromatic heterocycles. The number of carbonyl (C=O) groups is 1. The van der Waals surface area contributed by atoms with E-state index in [4.69, 9.17) is 5.26 Å². The summed E-state index contributed by atoms with van der Waals surface area (Å²) in [7, 11) is 1.27. The highest BCUT2D eigenvalue weighted by atomic mass is 16.7. The lowest BCUT2D eigenvalue weighted by Gasteiger charge is -2.04. The van der Waals surface area contributed by atoms with Crippen molar-refractivity contribution in [3.63, 3.8) is 0 Å². The second-order valence-electron chi connectivity index (χ2n) is 1.34. The van der Waals surface area contributed by atoms with Crippen molar-refractivity contribution >= 4 is 5.97 Å². The first-order valence-corrected chi connectivity index (χ1v) is 2.50. The van der Waals surface area contributed by atoms with Gasteiger partial charge in [0.15, 0.2) is 0 Å². The summed E-state index contributed by atoms with van der Waals surface area (Å²) in [6, 6.07) is 1.60. The minimum absolute atomic E-state index is 0.673. The molecular weight excluding hydrogens is 134 g/mol. The summed E-state index contributed by atoms with van der Waals surface area (Å²) < 4.78 is 8.78. The Bertz CT molecular complexity index is 170. The molecule has 0 aromatic rings. The maximum atomic E-state index is 10.4. The van der Waals surface area contributed by atoms with Crippen LogP contribution < -0.4 is 0 Å². The van der Waals surface area contributed by atoms with E-state index in [1.54, 1.807) is 6.07 Å². The van der Waals surface area contributed by atoms with Crippen molar-refractivity contribution < 1.29 is 14.3 Å². The average molecular weight is 141 g/mol. The van der Waals surface area contributed by atoms with Crippen LogP contribution in [-0.2, 0) is 14.3 Å². The first kappa shape index (κ1) is 8.66. The van der Waals surface area contributed by atoms with Crippen molar-refractivity contribution in [2.45, 2.75) is 6.29 Å². The van der Waals surface area contributed by atoms with Crippen LogP contribution in [0, 0.1) is 11.3 Å². The van der Waals surface area contributed by atoms with Gasteiger partial charge < -0.3 is 9.47 Å². The zero-order valence-electron chi connectivity index (χ0n) is 5.53. The van der Waals surface area contributed by atoms with Crippen molar-refractivity contribution in [3.8, 4) is 6.07 Å². The quantitative estimate of drug-likeness (QED) is 0.320. The highest BCUT2D eigenvalue weighted by Crippen LogP contribution is 1.91. The monoisotopic (exact) mass is 141 g/mol. The Labute approximate surface area is 58.7 Å². The van der Waals surface area contributed by atoms with Gasteiger partial charge in [0, 0.05) is 13.2 Å². The van der Waals surface area contributed by atoms with Gasteiger partial charge in [-0.1, -0.05) is 6.58 Å². The predicted octanol–water partition coefficient (Wildman–Crippen LogP) is 0.212. The Morgan fingerprint density at radius 1 is 1.90 bits per heavy atom. The van der Waals surface area contributed by atoms with Gasteiger partial charge in [-0.25, -0.2) is 4.79 Å². The van der Waals surface area contributed by atoms with Crippen LogP contribution in [0.4, 0.5) is 0 Å². The first-order chi connectivity index (χ1) is 4.74. The van der Waals surface area contributed by atoms with E-state index in [9.17, 15) is 4.79 Å². The van der Waals surface area contributed by atoms with E-state index in [2.05, 4.69) is 16.1 Å². The fourth-order valence-corrected chi connectivity index (χ4v) is 0.281. The molecule has 0 aliphatic heterocycles.